The third-order valence-electron chi connectivity index (χ3n) is 6.04. The molecule has 1 N–H and O–H groups in total. The van der Waals surface area contributed by atoms with Gasteiger partial charge in [0.15, 0.2) is 5.69 Å². The minimum absolute atomic E-state index is 0.0278. The molecular weight excluding hydrogens is 491 g/mol. The SMILES string of the molecule is C[Si](C)CCOCn1cc(C(F)(F)F)nc1-c1ccc(-c2ccc(OCC3(C(=O)O)CC3)cc2)nc1. The Bertz CT molecular complexity index is 1190. The quantitative estimate of drug-likeness (QED) is 0.263. The molecule has 1 radical (unpaired) electrons. The predicted octanol–water partition coefficient (Wildman–Crippen LogP) is 5.60. The van der Waals surface area contributed by atoms with Crippen LogP contribution in [0.1, 0.15) is 18.5 Å². The van der Waals surface area contributed by atoms with Crippen molar-refractivity contribution in [3.63, 3.8) is 0 Å². The van der Waals surface area contributed by atoms with Crippen molar-refractivity contribution in [3.8, 4) is 28.4 Å². The molecule has 36 heavy (non-hydrogen) atoms. The molecule has 1 saturated carbocycles. The fourth-order valence-electron chi connectivity index (χ4n) is 3.53. The normalized spacial score (nSPS) is 14.7. The summed E-state index contributed by atoms with van der Waals surface area (Å²) in [5.74, 6) is -0.144. The largest absolute Gasteiger partial charge is 0.492 e. The monoisotopic (exact) mass is 518 g/mol. The van der Waals surface area contributed by atoms with Crippen molar-refractivity contribution >= 4 is 14.8 Å². The Kier molecular flexibility index (Phi) is 7.50. The lowest BCUT2D eigenvalue weighted by Gasteiger charge is -2.12. The first-order valence-corrected chi connectivity index (χ1v) is 14.2. The molecule has 1 aliphatic rings. The van der Waals surface area contributed by atoms with E-state index >= 15 is 0 Å². The number of halogens is 3. The molecule has 7 nitrogen and oxygen atoms in total. The molecule has 2 heterocycles. The second-order valence-electron chi connectivity index (χ2n) is 9.24. The summed E-state index contributed by atoms with van der Waals surface area (Å²) in [4.78, 5) is 19.5. The van der Waals surface area contributed by atoms with Gasteiger partial charge in [-0.05, 0) is 55.3 Å². The number of aromatic nitrogens is 3. The summed E-state index contributed by atoms with van der Waals surface area (Å²) in [7, 11) is -0.483. The number of ether oxygens (including phenoxy) is 2. The van der Waals surface area contributed by atoms with E-state index in [0.29, 0.717) is 36.5 Å². The van der Waals surface area contributed by atoms with E-state index in [1.165, 1.54) is 10.8 Å². The highest BCUT2D eigenvalue weighted by Gasteiger charge is 2.51. The Labute approximate surface area is 208 Å². The summed E-state index contributed by atoms with van der Waals surface area (Å²) >= 11 is 0. The maximum atomic E-state index is 13.3. The molecule has 0 amide bonds. The molecule has 0 atom stereocenters. The van der Waals surface area contributed by atoms with Gasteiger partial charge in [-0.2, -0.15) is 13.2 Å². The van der Waals surface area contributed by atoms with Gasteiger partial charge in [0.25, 0.3) is 0 Å². The summed E-state index contributed by atoms with van der Waals surface area (Å²) in [6.45, 7) is 4.88. The highest BCUT2D eigenvalue weighted by atomic mass is 28.3. The fourth-order valence-corrected chi connectivity index (χ4v) is 4.08. The second kappa shape index (κ2) is 10.4. The average Bonchev–Trinajstić information content (AvgIpc) is 3.51. The molecule has 0 spiro atoms. The number of pyridine rings is 1. The van der Waals surface area contributed by atoms with E-state index in [-0.39, 0.29) is 19.2 Å². The van der Waals surface area contributed by atoms with Crippen LogP contribution in [0.15, 0.2) is 48.8 Å². The van der Waals surface area contributed by atoms with Gasteiger partial charge in [0.2, 0.25) is 0 Å². The number of alkyl halides is 3. The number of nitrogens with zero attached hydrogens (tertiary/aromatic N) is 3. The lowest BCUT2D eigenvalue weighted by molar-refractivity contribution is -0.144. The van der Waals surface area contributed by atoms with Gasteiger partial charge in [0, 0.05) is 38.9 Å². The first kappa shape index (κ1) is 25.9. The molecule has 1 aliphatic carbocycles. The predicted molar refractivity (Wildman–Crippen MR) is 129 cm³/mol. The number of rotatable bonds is 11. The summed E-state index contributed by atoms with van der Waals surface area (Å²) in [6.07, 6.45) is -0.886. The Morgan fingerprint density at radius 2 is 1.83 bits per heavy atom. The van der Waals surface area contributed by atoms with Gasteiger partial charge >= 0.3 is 12.1 Å². The van der Waals surface area contributed by atoms with Crippen molar-refractivity contribution < 1.29 is 32.5 Å². The number of imidazole rings is 1. The van der Waals surface area contributed by atoms with Crippen LogP contribution in [0.5, 0.6) is 5.75 Å². The van der Waals surface area contributed by atoms with E-state index in [1.807, 2.05) is 0 Å². The number of benzene rings is 1. The summed E-state index contributed by atoms with van der Waals surface area (Å²) in [5.41, 5.74) is 0.103. The fraction of sp³-hybridized carbons (Fsp3) is 0.400. The van der Waals surface area contributed by atoms with Crippen LogP contribution in [0.2, 0.25) is 19.1 Å². The van der Waals surface area contributed by atoms with Gasteiger partial charge in [-0.3, -0.25) is 9.78 Å². The van der Waals surface area contributed by atoms with E-state index in [9.17, 15) is 23.1 Å². The lowest BCUT2D eigenvalue weighted by atomic mass is 10.1. The first-order chi connectivity index (χ1) is 17.1. The van der Waals surface area contributed by atoms with Crippen LogP contribution < -0.4 is 4.74 Å². The number of carboxylic acids is 1. The third-order valence-corrected chi connectivity index (χ3v) is 7.24. The van der Waals surface area contributed by atoms with Crippen LogP contribution in [0.4, 0.5) is 13.2 Å². The Hall–Kier alpha value is -3.18. The molecule has 4 rings (SSSR count). The minimum Gasteiger partial charge on any atom is -0.492 e. The van der Waals surface area contributed by atoms with E-state index in [2.05, 4.69) is 23.1 Å². The maximum Gasteiger partial charge on any atom is 0.434 e. The Balaban J connectivity index is 1.46. The summed E-state index contributed by atoms with van der Waals surface area (Å²) in [6, 6.07) is 11.4. The average molecular weight is 519 g/mol. The van der Waals surface area contributed by atoms with Gasteiger partial charge in [-0.25, -0.2) is 4.98 Å². The van der Waals surface area contributed by atoms with Gasteiger partial charge in [-0.15, -0.1) is 0 Å². The van der Waals surface area contributed by atoms with E-state index < -0.39 is 32.1 Å². The van der Waals surface area contributed by atoms with Crippen molar-refractivity contribution in [1.29, 1.82) is 0 Å². The second-order valence-corrected chi connectivity index (χ2v) is 12.2. The van der Waals surface area contributed by atoms with Crippen LogP contribution in [0, 0.1) is 5.41 Å². The van der Waals surface area contributed by atoms with Crippen molar-refractivity contribution in [1.82, 2.24) is 14.5 Å². The standard InChI is InChI=1S/C25H27F3N3O4Si/c1-36(2)12-11-34-16-31-14-21(25(26,27)28)30-22(31)18-5-8-20(29-13-18)17-3-6-19(7-4-17)35-15-24(9-10-24)23(32)33/h3-8,13-14H,9-12,15-16H2,1-2H3,(H,32,33). The lowest BCUT2D eigenvalue weighted by Crippen LogP contribution is -2.22. The summed E-state index contributed by atoms with van der Waals surface area (Å²) in [5, 5.41) is 9.26. The van der Waals surface area contributed by atoms with Crippen LogP contribution in [-0.2, 0) is 22.4 Å². The minimum atomic E-state index is -4.57. The number of aliphatic carboxylic acids is 1. The number of carboxylic acid groups (broad SMARTS) is 1. The van der Waals surface area contributed by atoms with E-state index in [0.717, 1.165) is 17.8 Å². The highest BCUT2D eigenvalue weighted by molar-refractivity contribution is 6.55. The Morgan fingerprint density at radius 1 is 1.14 bits per heavy atom. The van der Waals surface area contributed by atoms with Crippen molar-refractivity contribution in [2.24, 2.45) is 5.41 Å². The molecule has 191 valence electrons. The van der Waals surface area contributed by atoms with Gasteiger partial charge in [0.1, 0.15) is 30.3 Å². The zero-order chi connectivity index (χ0) is 25.9. The van der Waals surface area contributed by atoms with Gasteiger partial charge in [-0.1, -0.05) is 13.1 Å². The molecule has 3 aromatic rings. The van der Waals surface area contributed by atoms with Crippen LogP contribution in [-0.4, -0.2) is 47.6 Å². The molecule has 0 aliphatic heterocycles. The third kappa shape index (κ3) is 6.14. The molecule has 11 heteroatoms. The highest BCUT2D eigenvalue weighted by Crippen LogP contribution is 2.46. The zero-order valence-corrected chi connectivity index (χ0v) is 21.0. The van der Waals surface area contributed by atoms with Crippen LogP contribution >= 0.6 is 0 Å². The Morgan fingerprint density at radius 3 is 2.39 bits per heavy atom. The molecular formula is C25H27F3N3O4Si. The molecule has 0 bridgehead atoms. The van der Waals surface area contributed by atoms with E-state index in [1.54, 1.807) is 36.4 Å². The molecule has 0 unspecified atom stereocenters. The van der Waals surface area contributed by atoms with Crippen LogP contribution in [0.25, 0.3) is 22.6 Å². The smallest absolute Gasteiger partial charge is 0.434 e. The van der Waals surface area contributed by atoms with E-state index in [4.69, 9.17) is 9.47 Å². The van der Waals surface area contributed by atoms with Crippen molar-refractivity contribution in [2.75, 3.05) is 13.2 Å². The molecule has 2 aromatic heterocycles. The van der Waals surface area contributed by atoms with Gasteiger partial charge in [0.05, 0.1) is 5.69 Å². The van der Waals surface area contributed by atoms with Crippen LogP contribution in [0.3, 0.4) is 0 Å². The number of hydrogen-bond donors (Lipinski definition) is 1. The maximum absolute atomic E-state index is 13.3. The molecule has 1 aromatic carbocycles. The molecule has 0 saturated heterocycles. The number of hydrogen-bond acceptors (Lipinski definition) is 5. The molecule has 1 fully saturated rings. The van der Waals surface area contributed by atoms with Gasteiger partial charge < -0.3 is 19.1 Å². The summed E-state index contributed by atoms with van der Waals surface area (Å²) < 4.78 is 52.5. The van der Waals surface area contributed by atoms with Crippen molar-refractivity contribution in [3.05, 3.63) is 54.5 Å². The topological polar surface area (TPSA) is 86.5 Å². The zero-order valence-electron chi connectivity index (χ0n) is 20.0. The number of carbonyl (C=O) groups is 1. The van der Waals surface area contributed by atoms with Crippen molar-refractivity contribution in [2.45, 2.75) is 44.9 Å². The first-order valence-electron chi connectivity index (χ1n) is 11.5.